The average Bonchev–Trinajstić information content (AvgIpc) is 2.36. The van der Waals surface area contributed by atoms with Gasteiger partial charge in [-0.2, -0.15) is 0 Å². The molecule has 0 spiro atoms. The molecule has 1 aromatic rings. The van der Waals surface area contributed by atoms with Crippen LogP contribution in [0.3, 0.4) is 0 Å². The van der Waals surface area contributed by atoms with Gasteiger partial charge in [-0.05, 0) is 26.2 Å². The smallest absolute Gasteiger partial charge is 0.254 e. The molecule has 106 valence electrons. The molecule has 19 heavy (non-hydrogen) atoms. The van der Waals surface area contributed by atoms with E-state index in [0.29, 0.717) is 13.2 Å². The van der Waals surface area contributed by atoms with Crippen molar-refractivity contribution < 1.29 is 18.3 Å². The zero-order valence-corrected chi connectivity index (χ0v) is 11.1. The molecule has 1 aromatic carbocycles. The fourth-order valence-electron chi connectivity index (χ4n) is 1.36. The molecule has 6 heteroatoms. The standard InChI is InChI=1S/C13H18F2N2O2/c1-17(2)7-9-19-8-6-16-13(18)10-4-3-5-11(14)12(10)15/h3-5H,6-9H2,1-2H3,(H,16,18). The monoisotopic (exact) mass is 272 g/mol. The summed E-state index contributed by atoms with van der Waals surface area (Å²) < 4.78 is 31.5. The lowest BCUT2D eigenvalue weighted by atomic mass is 10.2. The lowest BCUT2D eigenvalue weighted by Crippen LogP contribution is -2.29. The summed E-state index contributed by atoms with van der Waals surface area (Å²) in [6.45, 7) is 1.92. The Hall–Kier alpha value is -1.53. The summed E-state index contributed by atoms with van der Waals surface area (Å²) in [4.78, 5) is 13.6. The van der Waals surface area contributed by atoms with E-state index in [1.165, 1.54) is 12.1 Å². The van der Waals surface area contributed by atoms with Crippen molar-refractivity contribution in [1.82, 2.24) is 10.2 Å². The average molecular weight is 272 g/mol. The predicted molar refractivity (Wildman–Crippen MR) is 68.1 cm³/mol. The van der Waals surface area contributed by atoms with Crippen LogP contribution >= 0.6 is 0 Å². The van der Waals surface area contributed by atoms with E-state index in [0.717, 1.165) is 12.6 Å². The van der Waals surface area contributed by atoms with Crippen molar-refractivity contribution in [2.24, 2.45) is 0 Å². The molecule has 0 aliphatic heterocycles. The van der Waals surface area contributed by atoms with Crippen LogP contribution in [0.4, 0.5) is 8.78 Å². The number of halogens is 2. The lowest BCUT2D eigenvalue weighted by Gasteiger charge is -2.10. The van der Waals surface area contributed by atoms with Crippen molar-refractivity contribution in [2.45, 2.75) is 0 Å². The van der Waals surface area contributed by atoms with Gasteiger partial charge in [0.05, 0.1) is 18.8 Å². The van der Waals surface area contributed by atoms with E-state index >= 15 is 0 Å². The minimum Gasteiger partial charge on any atom is -0.378 e. The molecule has 0 aliphatic rings. The van der Waals surface area contributed by atoms with E-state index in [-0.39, 0.29) is 12.1 Å². The lowest BCUT2D eigenvalue weighted by molar-refractivity contribution is 0.0895. The van der Waals surface area contributed by atoms with Crippen LogP contribution in [0.5, 0.6) is 0 Å². The highest BCUT2D eigenvalue weighted by Gasteiger charge is 2.14. The summed E-state index contributed by atoms with van der Waals surface area (Å²) in [5, 5.41) is 2.47. The second-order valence-electron chi connectivity index (χ2n) is 4.27. The van der Waals surface area contributed by atoms with Crippen LogP contribution < -0.4 is 5.32 Å². The Morgan fingerprint density at radius 3 is 2.74 bits per heavy atom. The van der Waals surface area contributed by atoms with Gasteiger partial charge in [-0.3, -0.25) is 4.79 Å². The van der Waals surface area contributed by atoms with Crippen molar-refractivity contribution in [3.05, 3.63) is 35.4 Å². The molecule has 1 N–H and O–H groups in total. The third-order valence-corrected chi connectivity index (χ3v) is 2.41. The SMILES string of the molecule is CN(C)CCOCCNC(=O)c1cccc(F)c1F. The number of nitrogens with one attached hydrogen (secondary N) is 1. The molecule has 0 fully saturated rings. The first-order chi connectivity index (χ1) is 9.02. The molecule has 0 radical (unpaired) electrons. The Balaban J connectivity index is 2.30. The molecule has 0 atom stereocenters. The number of ether oxygens (including phenoxy) is 1. The minimum atomic E-state index is -1.13. The number of carbonyl (C=O) groups is 1. The van der Waals surface area contributed by atoms with Gasteiger partial charge in [-0.25, -0.2) is 8.78 Å². The summed E-state index contributed by atoms with van der Waals surface area (Å²) in [7, 11) is 3.86. The summed E-state index contributed by atoms with van der Waals surface area (Å²) in [5.74, 6) is -2.81. The number of rotatable bonds is 7. The second kappa shape index (κ2) is 7.81. The van der Waals surface area contributed by atoms with Crippen LogP contribution in [0.2, 0.25) is 0 Å². The maximum atomic E-state index is 13.3. The molecule has 0 bridgehead atoms. The third kappa shape index (κ3) is 5.32. The van der Waals surface area contributed by atoms with E-state index in [2.05, 4.69) is 5.32 Å². The normalized spacial score (nSPS) is 10.8. The van der Waals surface area contributed by atoms with Crippen molar-refractivity contribution in [3.8, 4) is 0 Å². The van der Waals surface area contributed by atoms with E-state index < -0.39 is 17.5 Å². The van der Waals surface area contributed by atoms with Gasteiger partial charge >= 0.3 is 0 Å². The number of hydrogen-bond donors (Lipinski definition) is 1. The molecule has 1 rings (SSSR count). The van der Waals surface area contributed by atoms with Crippen molar-refractivity contribution in [1.29, 1.82) is 0 Å². The highest BCUT2D eigenvalue weighted by atomic mass is 19.2. The highest BCUT2D eigenvalue weighted by molar-refractivity contribution is 5.94. The first-order valence-corrected chi connectivity index (χ1v) is 5.97. The number of likely N-dealkylation sites (N-methyl/N-ethyl adjacent to an activating group) is 1. The molecule has 0 saturated carbocycles. The van der Waals surface area contributed by atoms with Gasteiger partial charge < -0.3 is 15.0 Å². The zero-order valence-electron chi connectivity index (χ0n) is 11.1. The van der Waals surface area contributed by atoms with Crippen molar-refractivity contribution in [2.75, 3.05) is 40.4 Å². The first-order valence-electron chi connectivity index (χ1n) is 5.97. The predicted octanol–water partition coefficient (Wildman–Crippen LogP) is 1.27. The molecule has 0 unspecified atom stereocenters. The van der Waals surface area contributed by atoms with Gasteiger partial charge in [0, 0.05) is 13.1 Å². The number of benzene rings is 1. The zero-order chi connectivity index (χ0) is 14.3. The fraction of sp³-hybridized carbons (Fsp3) is 0.462. The number of amides is 1. The van der Waals surface area contributed by atoms with E-state index in [1.54, 1.807) is 0 Å². The largest absolute Gasteiger partial charge is 0.378 e. The van der Waals surface area contributed by atoms with Gasteiger partial charge in [0.1, 0.15) is 0 Å². The van der Waals surface area contributed by atoms with Crippen LogP contribution in [0.1, 0.15) is 10.4 Å². The van der Waals surface area contributed by atoms with E-state index in [4.69, 9.17) is 4.74 Å². The third-order valence-electron chi connectivity index (χ3n) is 2.41. The number of carbonyl (C=O) groups excluding carboxylic acids is 1. The van der Waals surface area contributed by atoms with Crippen LogP contribution in [0.15, 0.2) is 18.2 Å². The van der Waals surface area contributed by atoms with Gasteiger partial charge in [-0.15, -0.1) is 0 Å². The Morgan fingerprint density at radius 1 is 1.32 bits per heavy atom. The molecule has 4 nitrogen and oxygen atoms in total. The van der Waals surface area contributed by atoms with Crippen LogP contribution in [0, 0.1) is 11.6 Å². The second-order valence-corrected chi connectivity index (χ2v) is 4.27. The summed E-state index contributed by atoms with van der Waals surface area (Å²) >= 11 is 0. The molecule has 0 saturated heterocycles. The first kappa shape index (κ1) is 15.5. The Labute approximate surface area is 111 Å². The van der Waals surface area contributed by atoms with Gasteiger partial charge in [0.2, 0.25) is 0 Å². The minimum absolute atomic E-state index is 0.252. The van der Waals surface area contributed by atoms with Crippen LogP contribution in [0.25, 0.3) is 0 Å². The molecule has 1 amide bonds. The number of hydrogen-bond acceptors (Lipinski definition) is 3. The van der Waals surface area contributed by atoms with Crippen LogP contribution in [-0.4, -0.2) is 51.2 Å². The summed E-state index contributed by atoms with van der Waals surface area (Å²) in [6.07, 6.45) is 0. The molecular formula is C13H18F2N2O2. The number of nitrogens with zero attached hydrogens (tertiary/aromatic N) is 1. The highest BCUT2D eigenvalue weighted by Crippen LogP contribution is 2.10. The van der Waals surface area contributed by atoms with Gasteiger partial charge in [0.25, 0.3) is 5.91 Å². The van der Waals surface area contributed by atoms with Crippen LogP contribution in [-0.2, 0) is 4.74 Å². The van der Waals surface area contributed by atoms with E-state index in [1.807, 2.05) is 19.0 Å². The summed E-state index contributed by atoms with van der Waals surface area (Å²) in [5.41, 5.74) is -0.298. The maximum Gasteiger partial charge on any atom is 0.254 e. The molecule has 0 aromatic heterocycles. The van der Waals surface area contributed by atoms with E-state index in [9.17, 15) is 13.6 Å². The maximum absolute atomic E-state index is 13.3. The van der Waals surface area contributed by atoms with Crippen molar-refractivity contribution >= 4 is 5.91 Å². The topological polar surface area (TPSA) is 41.6 Å². The Morgan fingerprint density at radius 2 is 2.05 bits per heavy atom. The Bertz CT molecular complexity index is 425. The molecular weight excluding hydrogens is 254 g/mol. The molecule has 0 aliphatic carbocycles. The quantitative estimate of drug-likeness (QED) is 0.760. The van der Waals surface area contributed by atoms with Gasteiger partial charge in [-0.1, -0.05) is 6.07 Å². The molecule has 0 heterocycles. The Kier molecular flexibility index (Phi) is 6.38. The fourth-order valence-corrected chi connectivity index (χ4v) is 1.36. The van der Waals surface area contributed by atoms with Gasteiger partial charge in [0.15, 0.2) is 11.6 Å². The van der Waals surface area contributed by atoms with Crippen molar-refractivity contribution in [3.63, 3.8) is 0 Å². The summed E-state index contributed by atoms with van der Waals surface area (Å²) in [6, 6.07) is 3.50.